The van der Waals surface area contributed by atoms with Crippen molar-refractivity contribution in [1.82, 2.24) is 9.78 Å². The van der Waals surface area contributed by atoms with Crippen LogP contribution in [-0.4, -0.2) is 15.7 Å². The van der Waals surface area contributed by atoms with E-state index in [9.17, 15) is 9.18 Å². The highest BCUT2D eigenvalue weighted by Crippen LogP contribution is 2.40. The highest BCUT2D eigenvalue weighted by molar-refractivity contribution is 5.90. The predicted molar refractivity (Wildman–Crippen MR) is 87.7 cm³/mol. The number of hydrogen-bond acceptors (Lipinski definition) is 2. The molecule has 1 saturated carbocycles. The zero-order chi connectivity index (χ0) is 16.4. The Morgan fingerprint density at radius 1 is 1.39 bits per heavy atom. The van der Waals surface area contributed by atoms with Crippen LogP contribution in [0.3, 0.4) is 0 Å². The Hall–Kier alpha value is -2.17. The molecule has 1 N–H and O–H groups in total. The molecule has 1 aliphatic rings. The van der Waals surface area contributed by atoms with E-state index in [-0.39, 0.29) is 11.7 Å². The number of benzene rings is 1. The van der Waals surface area contributed by atoms with Gasteiger partial charge in [0, 0.05) is 12.0 Å². The second-order valence-corrected chi connectivity index (χ2v) is 6.37. The summed E-state index contributed by atoms with van der Waals surface area (Å²) in [4.78, 5) is 12.2. The number of anilines is 1. The lowest BCUT2D eigenvalue weighted by atomic mass is 10.1. The molecule has 1 amide bonds. The maximum absolute atomic E-state index is 12.9. The van der Waals surface area contributed by atoms with Crippen molar-refractivity contribution in [2.75, 3.05) is 5.32 Å². The van der Waals surface area contributed by atoms with Crippen LogP contribution < -0.4 is 5.32 Å². The normalized spacial score (nSPS) is 15.4. The first-order valence-corrected chi connectivity index (χ1v) is 8.13. The zero-order valence-corrected chi connectivity index (χ0v) is 13.6. The number of nitrogens with one attached hydrogen (secondary N) is 1. The molecule has 0 aliphatic heterocycles. The summed E-state index contributed by atoms with van der Waals surface area (Å²) < 4.78 is 14.8. The van der Waals surface area contributed by atoms with Crippen molar-refractivity contribution in [2.45, 2.75) is 45.6 Å². The first-order valence-electron chi connectivity index (χ1n) is 8.13. The molecular formula is C18H22FN3O. The first kappa shape index (κ1) is 15.7. The number of aromatic nitrogens is 2. The molecule has 1 aromatic heterocycles. The second kappa shape index (κ2) is 6.52. The average Bonchev–Trinajstić information content (AvgIpc) is 3.32. The van der Waals surface area contributed by atoms with E-state index in [1.165, 1.54) is 25.0 Å². The van der Waals surface area contributed by atoms with Gasteiger partial charge in [-0.3, -0.25) is 4.79 Å². The minimum absolute atomic E-state index is 0.0397. The summed E-state index contributed by atoms with van der Waals surface area (Å²) in [6, 6.07) is 6.59. The molecule has 1 unspecified atom stereocenters. The van der Waals surface area contributed by atoms with E-state index < -0.39 is 0 Å². The van der Waals surface area contributed by atoms with E-state index >= 15 is 0 Å². The van der Waals surface area contributed by atoms with Gasteiger partial charge in [-0.05, 0) is 56.7 Å². The van der Waals surface area contributed by atoms with Crippen LogP contribution in [0.25, 0.3) is 0 Å². The quantitative estimate of drug-likeness (QED) is 0.879. The zero-order valence-electron chi connectivity index (χ0n) is 13.6. The van der Waals surface area contributed by atoms with Crippen LogP contribution in [0.5, 0.6) is 0 Å². The van der Waals surface area contributed by atoms with Crippen molar-refractivity contribution in [3.8, 4) is 0 Å². The van der Waals surface area contributed by atoms with Gasteiger partial charge in [0.1, 0.15) is 11.6 Å². The summed E-state index contributed by atoms with van der Waals surface area (Å²) in [6.45, 7) is 4.11. The molecule has 0 saturated heterocycles. The monoisotopic (exact) mass is 315 g/mol. The standard InChI is InChI=1S/C18H22FN3O/c1-12-11-20-22(13(2)15-6-7-15)18(12)21-17(23)10-5-14-3-8-16(19)9-4-14/h3-4,8-9,11,13,15H,5-7,10H2,1-2H3,(H,21,23). The number of rotatable bonds is 6. The number of nitrogens with zero attached hydrogens (tertiary/aromatic N) is 2. The van der Waals surface area contributed by atoms with Gasteiger partial charge in [-0.15, -0.1) is 0 Å². The lowest BCUT2D eigenvalue weighted by molar-refractivity contribution is -0.116. The van der Waals surface area contributed by atoms with Crippen molar-refractivity contribution in [2.24, 2.45) is 5.92 Å². The Morgan fingerprint density at radius 2 is 2.09 bits per heavy atom. The fourth-order valence-corrected chi connectivity index (χ4v) is 2.79. The van der Waals surface area contributed by atoms with Crippen LogP contribution >= 0.6 is 0 Å². The lowest BCUT2D eigenvalue weighted by Crippen LogP contribution is -2.19. The molecule has 1 aliphatic carbocycles. The van der Waals surface area contributed by atoms with Crippen LogP contribution in [0, 0.1) is 18.7 Å². The van der Waals surface area contributed by atoms with Crippen LogP contribution in [0.15, 0.2) is 30.5 Å². The van der Waals surface area contributed by atoms with Crippen molar-refractivity contribution in [3.63, 3.8) is 0 Å². The van der Waals surface area contributed by atoms with Gasteiger partial charge in [0.05, 0.1) is 12.2 Å². The van der Waals surface area contributed by atoms with Crippen LogP contribution in [0.2, 0.25) is 0 Å². The molecule has 3 rings (SSSR count). The van der Waals surface area contributed by atoms with Crippen molar-refractivity contribution in [1.29, 1.82) is 0 Å². The molecule has 2 aromatic rings. The fraction of sp³-hybridized carbons (Fsp3) is 0.444. The molecule has 4 nitrogen and oxygen atoms in total. The second-order valence-electron chi connectivity index (χ2n) is 6.37. The van der Waals surface area contributed by atoms with Crippen LogP contribution in [-0.2, 0) is 11.2 Å². The third-order valence-electron chi connectivity index (χ3n) is 4.48. The van der Waals surface area contributed by atoms with E-state index in [1.54, 1.807) is 18.3 Å². The van der Waals surface area contributed by atoms with Gasteiger partial charge >= 0.3 is 0 Å². The van der Waals surface area contributed by atoms with E-state index in [0.29, 0.717) is 24.8 Å². The van der Waals surface area contributed by atoms with Crippen molar-refractivity contribution in [3.05, 3.63) is 47.4 Å². The van der Waals surface area contributed by atoms with Gasteiger partial charge in [0.25, 0.3) is 0 Å². The Labute approximate surface area is 135 Å². The number of halogens is 1. The Morgan fingerprint density at radius 3 is 2.74 bits per heavy atom. The average molecular weight is 315 g/mol. The highest BCUT2D eigenvalue weighted by Gasteiger charge is 2.31. The van der Waals surface area contributed by atoms with Crippen LogP contribution in [0.4, 0.5) is 10.2 Å². The summed E-state index contributed by atoms with van der Waals surface area (Å²) in [5, 5.41) is 7.41. The maximum Gasteiger partial charge on any atom is 0.225 e. The summed E-state index contributed by atoms with van der Waals surface area (Å²) >= 11 is 0. The van der Waals surface area contributed by atoms with Crippen molar-refractivity contribution >= 4 is 11.7 Å². The predicted octanol–water partition coefficient (Wildman–Crippen LogP) is 3.87. The molecule has 5 heteroatoms. The molecule has 0 spiro atoms. The third-order valence-corrected chi connectivity index (χ3v) is 4.48. The van der Waals surface area contributed by atoms with E-state index in [4.69, 9.17) is 0 Å². The number of carbonyl (C=O) groups is 1. The van der Waals surface area contributed by atoms with E-state index in [2.05, 4.69) is 17.3 Å². The summed E-state index contributed by atoms with van der Waals surface area (Å²) in [5.74, 6) is 1.17. The third kappa shape index (κ3) is 3.78. The molecule has 1 fully saturated rings. The fourth-order valence-electron chi connectivity index (χ4n) is 2.79. The minimum atomic E-state index is -0.258. The Balaban J connectivity index is 1.61. The number of amides is 1. The van der Waals surface area contributed by atoms with E-state index in [1.807, 2.05) is 11.6 Å². The topological polar surface area (TPSA) is 46.9 Å². The Kier molecular flexibility index (Phi) is 4.46. The molecular weight excluding hydrogens is 293 g/mol. The van der Waals surface area contributed by atoms with Gasteiger partial charge in [-0.2, -0.15) is 5.10 Å². The van der Waals surface area contributed by atoms with E-state index in [0.717, 1.165) is 16.9 Å². The molecule has 1 aromatic carbocycles. The lowest BCUT2D eigenvalue weighted by Gasteiger charge is -2.16. The molecule has 23 heavy (non-hydrogen) atoms. The summed E-state index contributed by atoms with van der Waals surface area (Å²) in [7, 11) is 0. The minimum Gasteiger partial charge on any atom is -0.311 e. The number of aryl methyl sites for hydroxylation is 2. The molecule has 0 bridgehead atoms. The number of hydrogen-bond donors (Lipinski definition) is 1. The van der Waals surface area contributed by atoms with Crippen molar-refractivity contribution < 1.29 is 9.18 Å². The Bertz CT molecular complexity index is 689. The SMILES string of the molecule is Cc1cnn(C(C)C2CC2)c1NC(=O)CCc1ccc(F)cc1. The van der Waals surface area contributed by atoms with Gasteiger partial charge in [0.15, 0.2) is 0 Å². The first-order chi connectivity index (χ1) is 11.0. The largest absolute Gasteiger partial charge is 0.311 e. The van der Waals surface area contributed by atoms with Gasteiger partial charge in [-0.25, -0.2) is 9.07 Å². The molecule has 1 heterocycles. The number of carbonyl (C=O) groups excluding carboxylic acids is 1. The smallest absolute Gasteiger partial charge is 0.225 e. The van der Waals surface area contributed by atoms with Gasteiger partial charge in [0.2, 0.25) is 5.91 Å². The molecule has 122 valence electrons. The summed E-state index contributed by atoms with van der Waals surface area (Å²) in [5.41, 5.74) is 1.94. The van der Waals surface area contributed by atoms with Crippen LogP contribution in [0.1, 0.15) is 43.4 Å². The summed E-state index contributed by atoms with van der Waals surface area (Å²) in [6.07, 6.45) is 5.23. The van der Waals surface area contributed by atoms with Gasteiger partial charge in [-0.1, -0.05) is 12.1 Å². The molecule has 1 atom stereocenters. The highest BCUT2D eigenvalue weighted by atomic mass is 19.1. The molecule has 0 radical (unpaired) electrons. The van der Waals surface area contributed by atoms with Gasteiger partial charge < -0.3 is 5.32 Å². The maximum atomic E-state index is 12.9.